The molecule has 4 heteroatoms. The van der Waals surface area contributed by atoms with Gasteiger partial charge >= 0.3 is 0 Å². The fraction of sp³-hybridized carbons (Fsp3) is 1.00. The standard InChI is InChI=1S/C15H32OS2Si/c1-15(2,3)19(4,5)16-11-8-6-7-10-14-17-12-9-13-18-14/h14H,6-13H2,1-5H3. The number of unbranched alkanes of at least 4 members (excludes halogenated alkanes) is 2. The van der Waals surface area contributed by atoms with Gasteiger partial charge in [0.2, 0.25) is 0 Å². The summed E-state index contributed by atoms with van der Waals surface area (Å²) in [5, 5.41) is 0.350. The van der Waals surface area contributed by atoms with Crippen LogP contribution in [0, 0.1) is 0 Å². The van der Waals surface area contributed by atoms with E-state index < -0.39 is 8.32 Å². The van der Waals surface area contributed by atoms with Crippen LogP contribution in [-0.2, 0) is 4.43 Å². The fourth-order valence-corrected chi connectivity index (χ4v) is 5.88. The molecule has 0 radical (unpaired) electrons. The maximum atomic E-state index is 6.21. The van der Waals surface area contributed by atoms with Gasteiger partial charge in [0.1, 0.15) is 0 Å². The third-order valence-electron chi connectivity index (χ3n) is 4.25. The molecule has 0 atom stereocenters. The second kappa shape index (κ2) is 8.35. The van der Waals surface area contributed by atoms with Crippen LogP contribution in [0.3, 0.4) is 0 Å². The third kappa shape index (κ3) is 6.92. The Hall–Kier alpha value is 0.877. The van der Waals surface area contributed by atoms with E-state index >= 15 is 0 Å². The van der Waals surface area contributed by atoms with Crippen LogP contribution >= 0.6 is 23.5 Å². The van der Waals surface area contributed by atoms with Crippen LogP contribution in [0.5, 0.6) is 0 Å². The van der Waals surface area contributed by atoms with Crippen LogP contribution < -0.4 is 0 Å². The average Bonchev–Trinajstić information content (AvgIpc) is 2.33. The van der Waals surface area contributed by atoms with E-state index in [4.69, 9.17) is 4.43 Å². The summed E-state index contributed by atoms with van der Waals surface area (Å²) in [7, 11) is -1.51. The summed E-state index contributed by atoms with van der Waals surface area (Å²) in [6.45, 7) is 12.6. The van der Waals surface area contributed by atoms with Crippen molar-refractivity contribution in [2.75, 3.05) is 18.1 Å². The SMILES string of the molecule is CC(C)(C)[Si](C)(C)OCCCCCC1SCCCS1. The first-order valence-electron chi connectivity index (χ1n) is 7.70. The Morgan fingerprint density at radius 3 is 2.26 bits per heavy atom. The zero-order valence-corrected chi connectivity index (χ0v) is 16.1. The van der Waals surface area contributed by atoms with Gasteiger partial charge in [-0.05, 0) is 48.9 Å². The molecule has 0 aromatic heterocycles. The fourth-order valence-electron chi connectivity index (χ4n) is 1.84. The van der Waals surface area contributed by atoms with Crippen LogP contribution in [0.1, 0.15) is 52.9 Å². The average molecular weight is 321 g/mol. The molecule has 0 saturated carbocycles. The summed E-state index contributed by atoms with van der Waals surface area (Å²) in [5.74, 6) is 2.76. The number of hydrogen-bond donors (Lipinski definition) is 0. The minimum Gasteiger partial charge on any atom is -0.417 e. The van der Waals surface area contributed by atoms with E-state index in [0.717, 1.165) is 11.2 Å². The van der Waals surface area contributed by atoms with Crippen molar-refractivity contribution in [1.29, 1.82) is 0 Å². The van der Waals surface area contributed by atoms with E-state index in [1.54, 1.807) is 0 Å². The normalized spacial score (nSPS) is 18.8. The van der Waals surface area contributed by atoms with Crippen LogP contribution in [0.25, 0.3) is 0 Å². The molecule has 1 fully saturated rings. The highest BCUT2D eigenvalue weighted by Crippen LogP contribution is 2.37. The Labute approximate surface area is 130 Å². The van der Waals surface area contributed by atoms with Crippen molar-refractivity contribution in [3.63, 3.8) is 0 Å². The number of hydrogen-bond acceptors (Lipinski definition) is 3. The Bertz CT molecular complexity index is 245. The Morgan fingerprint density at radius 2 is 1.68 bits per heavy atom. The predicted molar refractivity (Wildman–Crippen MR) is 94.9 cm³/mol. The van der Waals surface area contributed by atoms with Crippen LogP contribution in [0.4, 0.5) is 0 Å². The highest BCUT2D eigenvalue weighted by Gasteiger charge is 2.36. The highest BCUT2D eigenvalue weighted by atomic mass is 32.2. The lowest BCUT2D eigenvalue weighted by molar-refractivity contribution is 0.277. The summed E-state index contributed by atoms with van der Waals surface area (Å²) in [6.07, 6.45) is 6.77. The number of thioether (sulfide) groups is 2. The van der Waals surface area contributed by atoms with Gasteiger partial charge in [-0.25, -0.2) is 0 Å². The van der Waals surface area contributed by atoms with E-state index in [1.807, 2.05) is 0 Å². The largest absolute Gasteiger partial charge is 0.417 e. The van der Waals surface area contributed by atoms with Gasteiger partial charge in [0.05, 0.1) is 4.58 Å². The maximum absolute atomic E-state index is 6.21. The summed E-state index contributed by atoms with van der Waals surface area (Å²) < 4.78 is 7.10. The van der Waals surface area contributed by atoms with Gasteiger partial charge in [0, 0.05) is 6.61 Å². The lowest BCUT2D eigenvalue weighted by Gasteiger charge is -2.36. The molecule has 19 heavy (non-hydrogen) atoms. The van der Waals surface area contributed by atoms with E-state index in [2.05, 4.69) is 57.4 Å². The maximum Gasteiger partial charge on any atom is 0.191 e. The van der Waals surface area contributed by atoms with Gasteiger partial charge in [-0.3, -0.25) is 0 Å². The summed E-state index contributed by atoms with van der Waals surface area (Å²) in [4.78, 5) is 0. The van der Waals surface area contributed by atoms with E-state index in [1.165, 1.54) is 43.6 Å². The summed E-state index contributed by atoms with van der Waals surface area (Å²) in [5.41, 5.74) is 0. The molecule has 0 spiro atoms. The van der Waals surface area contributed by atoms with E-state index in [-0.39, 0.29) is 0 Å². The molecule has 0 aromatic carbocycles. The molecular weight excluding hydrogens is 288 g/mol. The van der Waals surface area contributed by atoms with Crippen molar-refractivity contribution in [2.45, 2.75) is 75.6 Å². The van der Waals surface area contributed by atoms with Crippen LogP contribution in [0.2, 0.25) is 18.1 Å². The van der Waals surface area contributed by atoms with Gasteiger partial charge < -0.3 is 4.43 Å². The van der Waals surface area contributed by atoms with Gasteiger partial charge in [0.25, 0.3) is 0 Å². The summed E-state index contributed by atoms with van der Waals surface area (Å²) in [6, 6.07) is 0. The second-order valence-electron chi connectivity index (χ2n) is 6.98. The molecule has 1 rings (SSSR count). The minimum absolute atomic E-state index is 0.350. The molecular formula is C15H32OS2Si. The molecule has 0 aromatic rings. The van der Waals surface area contributed by atoms with Gasteiger partial charge in [-0.2, -0.15) is 0 Å². The summed E-state index contributed by atoms with van der Waals surface area (Å²) >= 11 is 4.35. The van der Waals surface area contributed by atoms with Gasteiger partial charge in [0.15, 0.2) is 8.32 Å². The first-order chi connectivity index (χ1) is 8.83. The Kier molecular flexibility index (Phi) is 7.88. The van der Waals surface area contributed by atoms with Crippen molar-refractivity contribution < 1.29 is 4.43 Å². The van der Waals surface area contributed by atoms with Crippen molar-refractivity contribution in [1.82, 2.24) is 0 Å². The van der Waals surface area contributed by atoms with Crippen molar-refractivity contribution in [2.24, 2.45) is 0 Å². The zero-order valence-electron chi connectivity index (χ0n) is 13.5. The van der Waals surface area contributed by atoms with Crippen molar-refractivity contribution in [3.8, 4) is 0 Å². The molecule has 1 aliphatic rings. The smallest absolute Gasteiger partial charge is 0.191 e. The first-order valence-corrected chi connectivity index (χ1v) is 12.7. The van der Waals surface area contributed by atoms with Crippen LogP contribution in [-0.4, -0.2) is 31.0 Å². The lowest BCUT2D eigenvalue weighted by Crippen LogP contribution is -2.40. The zero-order chi connectivity index (χ0) is 14.4. The van der Waals surface area contributed by atoms with E-state index in [9.17, 15) is 0 Å². The van der Waals surface area contributed by atoms with Gasteiger partial charge in [-0.1, -0.05) is 33.6 Å². The van der Waals surface area contributed by atoms with Crippen molar-refractivity contribution >= 4 is 31.8 Å². The lowest BCUT2D eigenvalue weighted by atomic mass is 10.2. The molecule has 1 saturated heterocycles. The predicted octanol–water partition coefficient (Wildman–Crippen LogP) is 5.76. The molecule has 0 aliphatic carbocycles. The third-order valence-corrected chi connectivity index (χ3v) is 11.9. The molecule has 1 heterocycles. The topological polar surface area (TPSA) is 9.23 Å². The van der Waals surface area contributed by atoms with Gasteiger partial charge in [-0.15, -0.1) is 23.5 Å². The highest BCUT2D eigenvalue weighted by molar-refractivity contribution is 8.17. The molecule has 114 valence electrons. The molecule has 1 aliphatic heterocycles. The van der Waals surface area contributed by atoms with Crippen LogP contribution in [0.15, 0.2) is 0 Å². The monoisotopic (exact) mass is 320 g/mol. The molecule has 1 nitrogen and oxygen atoms in total. The van der Waals surface area contributed by atoms with Crippen molar-refractivity contribution in [3.05, 3.63) is 0 Å². The Morgan fingerprint density at radius 1 is 1.05 bits per heavy atom. The molecule has 0 amide bonds. The molecule has 0 bridgehead atoms. The van der Waals surface area contributed by atoms with E-state index in [0.29, 0.717) is 5.04 Å². The number of rotatable bonds is 7. The first kappa shape index (κ1) is 17.9. The second-order valence-corrected chi connectivity index (χ2v) is 14.7. The quantitative estimate of drug-likeness (QED) is 0.435. The minimum atomic E-state index is -1.51. The molecule has 0 N–H and O–H groups in total. The Balaban J connectivity index is 2.02. The molecule has 0 unspecified atom stereocenters.